The lowest BCUT2D eigenvalue weighted by Crippen LogP contribution is -2.23. The van der Waals surface area contributed by atoms with Crippen LogP contribution in [0.3, 0.4) is 0 Å². The van der Waals surface area contributed by atoms with E-state index in [1.807, 2.05) is 36.4 Å². The molecule has 0 fully saturated rings. The first kappa shape index (κ1) is 32.0. The van der Waals surface area contributed by atoms with Crippen LogP contribution in [0.4, 0.5) is 0 Å². The lowest BCUT2D eigenvalue weighted by molar-refractivity contribution is 0.369. The van der Waals surface area contributed by atoms with Crippen LogP contribution in [0, 0.1) is 0 Å². The fourth-order valence-corrected chi connectivity index (χ4v) is 8.59. The molecule has 52 heavy (non-hydrogen) atoms. The van der Waals surface area contributed by atoms with Crippen LogP contribution in [-0.4, -0.2) is 72.3 Å². The SMILES string of the molecule is COc1ccc2c3c4n(c2c1)Cc1c(ccc(OC)c1O)CC1=NCCc2c1n(c1cc(OC)ccc21)Cc1c(ccc(OC)c1O)CC4=NCC3. The molecule has 6 aromatic rings. The minimum absolute atomic E-state index is 0.115. The van der Waals surface area contributed by atoms with Crippen molar-refractivity contribution in [1.29, 1.82) is 0 Å². The fraction of sp³-hybridized carbons (Fsp3) is 0.286. The maximum Gasteiger partial charge on any atom is 0.163 e. The molecule has 4 aromatic carbocycles. The van der Waals surface area contributed by atoms with Gasteiger partial charge in [-0.1, -0.05) is 12.1 Å². The topological polar surface area (TPSA) is 112 Å². The zero-order valence-corrected chi connectivity index (χ0v) is 29.7. The van der Waals surface area contributed by atoms with E-state index in [2.05, 4.69) is 33.4 Å². The second kappa shape index (κ2) is 12.4. The van der Waals surface area contributed by atoms with E-state index in [0.717, 1.165) is 91.2 Å². The first-order chi connectivity index (χ1) is 25.4. The van der Waals surface area contributed by atoms with Gasteiger partial charge < -0.3 is 38.3 Å². The molecule has 264 valence electrons. The summed E-state index contributed by atoms with van der Waals surface area (Å²) in [6.07, 6.45) is 2.53. The van der Waals surface area contributed by atoms with Crippen LogP contribution < -0.4 is 18.9 Å². The number of aromatic nitrogens is 2. The Morgan fingerprint density at radius 1 is 0.538 bits per heavy atom. The van der Waals surface area contributed by atoms with Crippen LogP contribution in [0.15, 0.2) is 70.6 Å². The molecule has 10 nitrogen and oxygen atoms in total. The Labute approximate surface area is 301 Å². The van der Waals surface area contributed by atoms with E-state index in [1.165, 1.54) is 11.1 Å². The standard InChI is InChI=1S/C42H40N4O6/c1-49-25-7-9-27-29-13-15-43-33-17-24-6-12-38(52-4)42(48)32(24)22-46-36-20-26(50-2)8-10-28(36)30-14-16-44-34(40(30)46)18-23-5-11-37(51-3)41(47)31(23)21-45(39(29)33)35(27)19-25/h5-12,19-20,47-48H,13-18,21-22H2,1-4H3. The van der Waals surface area contributed by atoms with Crippen LogP contribution >= 0.6 is 0 Å². The molecule has 0 atom stereocenters. The van der Waals surface area contributed by atoms with Gasteiger partial charge >= 0.3 is 0 Å². The van der Waals surface area contributed by atoms with Crippen molar-refractivity contribution in [3.63, 3.8) is 0 Å². The third kappa shape index (κ3) is 4.84. The molecular weight excluding hydrogens is 656 g/mol. The maximum atomic E-state index is 11.9. The highest BCUT2D eigenvalue weighted by Gasteiger charge is 2.31. The number of rotatable bonds is 4. The summed E-state index contributed by atoms with van der Waals surface area (Å²) >= 11 is 0. The van der Waals surface area contributed by atoms with Crippen LogP contribution in [0.25, 0.3) is 21.8 Å². The molecule has 9 rings (SSSR count). The van der Waals surface area contributed by atoms with Crippen molar-refractivity contribution < 1.29 is 29.2 Å². The number of aromatic hydroxyl groups is 2. The molecule has 10 heteroatoms. The molecular formula is C42H40N4O6. The van der Waals surface area contributed by atoms with Gasteiger partial charge in [-0.05, 0) is 71.5 Å². The molecule has 0 saturated carbocycles. The lowest BCUT2D eigenvalue weighted by atomic mass is 9.93. The van der Waals surface area contributed by atoms with Gasteiger partial charge in [-0.25, -0.2) is 0 Å². The summed E-state index contributed by atoms with van der Waals surface area (Å²) in [7, 11) is 6.52. The number of methoxy groups -OCH3 is 4. The number of hydrogen-bond donors (Lipinski definition) is 2. The Balaban J connectivity index is 1.37. The van der Waals surface area contributed by atoms with Gasteiger partial charge in [0.15, 0.2) is 23.0 Å². The van der Waals surface area contributed by atoms with E-state index >= 15 is 0 Å². The lowest BCUT2D eigenvalue weighted by Gasteiger charge is -2.24. The zero-order chi connectivity index (χ0) is 35.7. The van der Waals surface area contributed by atoms with Crippen molar-refractivity contribution in [1.82, 2.24) is 9.13 Å². The highest BCUT2D eigenvalue weighted by molar-refractivity contribution is 6.09. The number of aliphatic imine (C=N–C) groups is 2. The minimum atomic E-state index is 0.115. The highest BCUT2D eigenvalue weighted by Crippen LogP contribution is 2.42. The second-order valence-corrected chi connectivity index (χ2v) is 13.6. The fourth-order valence-electron chi connectivity index (χ4n) is 8.59. The first-order valence-electron chi connectivity index (χ1n) is 17.6. The van der Waals surface area contributed by atoms with Crippen molar-refractivity contribution in [3.8, 4) is 34.5 Å². The van der Waals surface area contributed by atoms with E-state index in [0.29, 0.717) is 50.5 Å². The van der Waals surface area contributed by atoms with Crippen molar-refractivity contribution in [2.45, 2.75) is 38.8 Å². The predicted molar refractivity (Wildman–Crippen MR) is 202 cm³/mol. The number of nitrogens with zero attached hydrogens (tertiary/aromatic N) is 4. The maximum absolute atomic E-state index is 11.9. The van der Waals surface area contributed by atoms with Gasteiger partial charge in [-0.2, -0.15) is 0 Å². The van der Waals surface area contributed by atoms with Crippen molar-refractivity contribution >= 4 is 33.2 Å². The summed E-state index contributed by atoms with van der Waals surface area (Å²) < 4.78 is 27.3. The number of hydrogen-bond acceptors (Lipinski definition) is 8. The molecule has 0 spiro atoms. The number of phenolic OH excluding ortho intramolecular Hbond substituents is 2. The quantitative estimate of drug-likeness (QED) is 0.214. The third-order valence-electron chi connectivity index (χ3n) is 11.1. The molecule has 0 aliphatic carbocycles. The molecule has 0 amide bonds. The summed E-state index contributed by atoms with van der Waals surface area (Å²) in [5.74, 6) is 2.57. The van der Waals surface area contributed by atoms with Crippen LogP contribution in [0.5, 0.6) is 34.5 Å². The van der Waals surface area contributed by atoms with Crippen molar-refractivity contribution in [2.75, 3.05) is 41.5 Å². The summed E-state index contributed by atoms with van der Waals surface area (Å²) in [6.45, 7) is 2.04. The van der Waals surface area contributed by atoms with Crippen molar-refractivity contribution in [3.05, 3.63) is 105 Å². The smallest absolute Gasteiger partial charge is 0.163 e. The van der Waals surface area contributed by atoms with Gasteiger partial charge in [-0.3, -0.25) is 9.98 Å². The van der Waals surface area contributed by atoms with E-state index < -0.39 is 0 Å². The number of fused-ring (bicyclic) bond motifs is 8. The van der Waals surface area contributed by atoms with Gasteiger partial charge in [-0.15, -0.1) is 0 Å². The number of benzene rings is 4. The molecule has 0 radical (unpaired) electrons. The Morgan fingerprint density at radius 2 is 0.981 bits per heavy atom. The van der Waals surface area contributed by atoms with E-state index in [9.17, 15) is 10.2 Å². The summed E-state index contributed by atoms with van der Waals surface area (Å²) in [5, 5.41) is 26.1. The molecule has 3 aliphatic rings. The van der Waals surface area contributed by atoms with Crippen LogP contribution in [0.1, 0.15) is 44.8 Å². The monoisotopic (exact) mass is 696 g/mol. The average Bonchev–Trinajstić information content (AvgIpc) is 3.66. The summed E-state index contributed by atoms with van der Waals surface area (Å²) in [6, 6.07) is 20.2. The van der Waals surface area contributed by atoms with Gasteiger partial charge in [0, 0.05) is 60.0 Å². The molecule has 2 N–H and O–H groups in total. The number of ether oxygens (including phenoxy) is 4. The van der Waals surface area contributed by atoms with E-state index in [1.54, 1.807) is 28.4 Å². The van der Waals surface area contributed by atoms with Gasteiger partial charge in [0.25, 0.3) is 0 Å². The minimum Gasteiger partial charge on any atom is -0.504 e. The van der Waals surface area contributed by atoms with Crippen molar-refractivity contribution in [2.24, 2.45) is 9.98 Å². The molecule has 0 bridgehead atoms. The average molecular weight is 697 g/mol. The largest absolute Gasteiger partial charge is 0.504 e. The number of phenols is 2. The molecule has 3 aliphatic heterocycles. The second-order valence-electron chi connectivity index (χ2n) is 13.6. The summed E-state index contributed by atoms with van der Waals surface area (Å²) in [5.41, 5.74) is 11.8. The first-order valence-corrected chi connectivity index (χ1v) is 17.6. The Morgan fingerprint density at radius 3 is 1.38 bits per heavy atom. The summed E-state index contributed by atoms with van der Waals surface area (Å²) in [4.78, 5) is 10.3. The predicted octanol–water partition coefficient (Wildman–Crippen LogP) is 6.63. The van der Waals surface area contributed by atoms with Crippen LogP contribution in [0.2, 0.25) is 0 Å². The van der Waals surface area contributed by atoms with Gasteiger partial charge in [0.1, 0.15) is 11.5 Å². The Hall–Kier alpha value is -5.90. The highest BCUT2D eigenvalue weighted by atomic mass is 16.5. The molecule has 2 aromatic heterocycles. The Kier molecular flexibility index (Phi) is 7.64. The third-order valence-corrected chi connectivity index (χ3v) is 11.1. The molecule has 0 unspecified atom stereocenters. The van der Waals surface area contributed by atoms with E-state index in [4.69, 9.17) is 28.9 Å². The zero-order valence-electron chi connectivity index (χ0n) is 29.7. The Bertz CT molecular complexity index is 2330. The van der Waals surface area contributed by atoms with Crippen LogP contribution in [-0.2, 0) is 38.8 Å². The van der Waals surface area contributed by atoms with E-state index in [-0.39, 0.29) is 11.5 Å². The van der Waals surface area contributed by atoms with Gasteiger partial charge in [0.2, 0.25) is 0 Å². The van der Waals surface area contributed by atoms with Gasteiger partial charge in [0.05, 0.1) is 75.4 Å². The molecule has 0 saturated heterocycles. The molecule has 5 heterocycles. The normalized spacial score (nSPS) is 15.1.